The Labute approximate surface area is 89.7 Å². The van der Waals surface area contributed by atoms with Gasteiger partial charge in [0, 0.05) is 13.1 Å². The van der Waals surface area contributed by atoms with Gasteiger partial charge in [0.25, 0.3) is 0 Å². The topological polar surface area (TPSA) is 55.1 Å². The Hall–Kier alpha value is -1.35. The van der Waals surface area contributed by atoms with Gasteiger partial charge < -0.3 is 11.1 Å². The molecule has 0 bridgehead atoms. The molecule has 3 N–H and O–H groups in total. The van der Waals surface area contributed by atoms with Crippen LogP contribution < -0.4 is 11.1 Å². The molecule has 0 spiro atoms. The van der Waals surface area contributed by atoms with E-state index in [1.807, 2.05) is 12.1 Å². The Morgan fingerprint density at radius 2 is 2.27 bits per heavy atom. The molecule has 1 atom stereocenters. The van der Waals surface area contributed by atoms with Crippen LogP contribution in [0.25, 0.3) is 0 Å². The second-order valence-electron chi connectivity index (χ2n) is 3.87. The number of aryl methyl sites for hydroxylation is 1. The highest BCUT2D eigenvalue weighted by atomic mass is 16.1. The zero-order chi connectivity index (χ0) is 10.7. The van der Waals surface area contributed by atoms with Crippen molar-refractivity contribution in [2.75, 3.05) is 13.1 Å². The van der Waals surface area contributed by atoms with Gasteiger partial charge >= 0.3 is 0 Å². The molecular weight excluding hydrogens is 188 g/mol. The smallest absolute Gasteiger partial charge is 0.227 e. The predicted octanol–water partition coefficient (Wildman–Crippen LogP) is 0.791. The van der Waals surface area contributed by atoms with E-state index in [1.165, 1.54) is 11.1 Å². The monoisotopic (exact) mass is 204 g/mol. The molecule has 1 unspecified atom stereocenters. The average Bonchev–Trinajstić information content (AvgIpc) is 2.69. The summed E-state index contributed by atoms with van der Waals surface area (Å²) in [5, 5.41) is 2.85. The summed E-state index contributed by atoms with van der Waals surface area (Å²) in [4.78, 5) is 11.8. The van der Waals surface area contributed by atoms with Crippen LogP contribution in [-0.2, 0) is 11.2 Å². The fraction of sp³-hybridized carbons (Fsp3) is 0.417. The summed E-state index contributed by atoms with van der Waals surface area (Å²) in [7, 11) is 0. The summed E-state index contributed by atoms with van der Waals surface area (Å²) in [6.07, 6.45) is 1.94. The van der Waals surface area contributed by atoms with Gasteiger partial charge in [0.2, 0.25) is 5.91 Å². The lowest BCUT2D eigenvalue weighted by Crippen LogP contribution is -2.32. The summed E-state index contributed by atoms with van der Waals surface area (Å²) in [6.45, 7) is 1.07. The molecule has 1 aromatic rings. The van der Waals surface area contributed by atoms with Gasteiger partial charge in [-0.1, -0.05) is 24.3 Å². The largest absolute Gasteiger partial charge is 0.354 e. The number of carbonyl (C=O) groups excluding carboxylic acids is 1. The number of hydrogen-bond acceptors (Lipinski definition) is 2. The number of nitrogens with one attached hydrogen (secondary N) is 1. The molecule has 1 aromatic carbocycles. The standard InChI is InChI=1S/C12H16N2O/c13-7-8-14-12(15)11-6-5-9-3-1-2-4-10(9)11/h1-4,11H,5-8,13H2,(H,14,15). The molecule has 0 fully saturated rings. The zero-order valence-corrected chi connectivity index (χ0v) is 8.70. The van der Waals surface area contributed by atoms with E-state index in [4.69, 9.17) is 5.73 Å². The zero-order valence-electron chi connectivity index (χ0n) is 8.70. The molecule has 2 rings (SSSR count). The molecule has 1 aliphatic rings. The van der Waals surface area contributed by atoms with Crippen LogP contribution in [0.4, 0.5) is 0 Å². The minimum Gasteiger partial charge on any atom is -0.354 e. The Kier molecular flexibility index (Phi) is 3.02. The fourth-order valence-electron chi connectivity index (χ4n) is 2.15. The van der Waals surface area contributed by atoms with Gasteiger partial charge in [0.05, 0.1) is 5.92 Å². The first-order chi connectivity index (χ1) is 7.33. The number of rotatable bonds is 3. The van der Waals surface area contributed by atoms with Crippen molar-refractivity contribution in [2.24, 2.45) is 5.73 Å². The molecule has 15 heavy (non-hydrogen) atoms. The number of nitrogens with two attached hydrogens (primary N) is 1. The molecule has 80 valence electrons. The summed E-state index contributed by atoms with van der Waals surface area (Å²) in [6, 6.07) is 8.17. The highest BCUT2D eigenvalue weighted by Gasteiger charge is 2.27. The summed E-state index contributed by atoms with van der Waals surface area (Å²) < 4.78 is 0. The van der Waals surface area contributed by atoms with Crippen LogP contribution in [0.2, 0.25) is 0 Å². The fourth-order valence-corrected chi connectivity index (χ4v) is 2.15. The van der Waals surface area contributed by atoms with Crippen molar-refractivity contribution < 1.29 is 4.79 Å². The van der Waals surface area contributed by atoms with Crippen LogP contribution in [0, 0.1) is 0 Å². The lowest BCUT2D eigenvalue weighted by molar-refractivity contribution is -0.122. The van der Waals surface area contributed by atoms with Gasteiger partial charge in [-0.15, -0.1) is 0 Å². The van der Waals surface area contributed by atoms with Crippen molar-refractivity contribution in [3.63, 3.8) is 0 Å². The summed E-state index contributed by atoms with van der Waals surface area (Å²) in [5.74, 6) is 0.151. The Bertz CT molecular complexity index is 362. The molecule has 0 radical (unpaired) electrons. The van der Waals surface area contributed by atoms with Crippen LogP contribution in [0.3, 0.4) is 0 Å². The third-order valence-corrected chi connectivity index (χ3v) is 2.89. The number of amides is 1. The van der Waals surface area contributed by atoms with E-state index in [0.717, 1.165) is 12.8 Å². The van der Waals surface area contributed by atoms with Gasteiger partial charge in [0.1, 0.15) is 0 Å². The summed E-state index contributed by atoms with van der Waals surface area (Å²) >= 11 is 0. The molecule has 0 saturated carbocycles. The van der Waals surface area contributed by atoms with E-state index < -0.39 is 0 Å². The highest BCUT2D eigenvalue weighted by molar-refractivity contribution is 5.84. The number of carbonyl (C=O) groups is 1. The Morgan fingerprint density at radius 3 is 3.07 bits per heavy atom. The van der Waals surface area contributed by atoms with E-state index in [9.17, 15) is 4.79 Å². The lowest BCUT2D eigenvalue weighted by atomic mass is 10.0. The second kappa shape index (κ2) is 4.45. The van der Waals surface area contributed by atoms with Crippen LogP contribution in [0.5, 0.6) is 0 Å². The van der Waals surface area contributed by atoms with Gasteiger partial charge in [-0.2, -0.15) is 0 Å². The van der Waals surface area contributed by atoms with Gasteiger partial charge in [-0.3, -0.25) is 4.79 Å². The van der Waals surface area contributed by atoms with Crippen molar-refractivity contribution in [2.45, 2.75) is 18.8 Å². The second-order valence-corrected chi connectivity index (χ2v) is 3.87. The van der Waals surface area contributed by atoms with Crippen molar-refractivity contribution >= 4 is 5.91 Å². The van der Waals surface area contributed by atoms with E-state index in [0.29, 0.717) is 13.1 Å². The van der Waals surface area contributed by atoms with E-state index in [2.05, 4.69) is 17.4 Å². The highest BCUT2D eigenvalue weighted by Crippen LogP contribution is 2.32. The minimum absolute atomic E-state index is 0.0350. The summed E-state index contributed by atoms with van der Waals surface area (Å²) in [5.41, 5.74) is 7.85. The molecule has 3 nitrogen and oxygen atoms in total. The molecule has 3 heteroatoms. The van der Waals surface area contributed by atoms with Crippen molar-refractivity contribution in [1.82, 2.24) is 5.32 Å². The van der Waals surface area contributed by atoms with Crippen LogP contribution in [-0.4, -0.2) is 19.0 Å². The Balaban J connectivity index is 2.10. The number of benzene rings is 1. The molecular formula is C12H16N2O. The molecule has 1 aliphatic carbocycles. The van der Waals surface area contributed by atoms with Crippen molar-refractivity contribution in [3.05, 3.63) is 35.4 Å². The maximum absolute atomic E-state index is 11.8. The van der Waals surface area contributed by atoms with Crippen LogP contribution >= 0.6 is 0 Å². The molecule has 0 aromatic heterocycles. The van der Waals surface area contributed by atoms with Crippen LogP contribution in [0.1, 0.15) is 23.5 Å². The maximum atomic E-state index is 11.8. The molecule has 0 heterocycles. The van der Waals surface area contributed by atoms with Crippen LogP contribution in [0.15, 0.2) is 24.3 Å². The Morgan fingerprint density at radius 1 is 1.47 bits per heavy atom. The van der Waals surface area contributed by atoms with Gasteiger partial charge in [-0.05, 0) is 24.0 Å². The normalized spacial score (nSPS) is 18.6. The molecule has 0 saturated heterocycles. The predicted molar refractivity (Wildman–Crippen MR) is 59.6 cm³/mol. The third kappa shape index (κ3) is 2.02. The van der Waals surface area contributed by atoms with Gasteiger partial charge in [0.15, 0.2) is 0 Å². The van der Waals surface area contributed by atoms with Crippen molar-refractivity contribution in [1.29, 1.82) is 0 Å². The minimum atomic E-state index is 0.0350. The molecule has 0 aliphatic heterocycles. The lowest BCUT2D eigenvalue weighted by Gasteiger charge is -2.11. The first kappa shape index (κ1) is 10.2. The maximum Gasteiger partial charge on any atom is 0.227 e. The SMILES string of the molecule is NCCNC(=O)C1CCc2ccccc21. The third-order valence-electron chi connectivity index (χ3n) is 2.89. The molecule has 1 amide bonds. The first-order valence-corrected chi connectivity index (χ1v) is 5.38. The van der Waals surface area contributed by atoms with Crippen molar-refractivity contribution in [3.8, 4) is 0 Å². The van der Waals surface area contributed by atoms with Gasteiger partial charge in [-0.25, -0.2) is 0 Å². The van der Waals surface area contributed by atoms with E-state index in [1.54, 1.807) is 0 Å². The van der Waals surface area contributed by atoms with E-state index in [-0.39, 0.29) is 11.8 Å². The number of hydrogen-bond donors (Lipinski definition) is 2. The first-order valence-electron chi connectivity index (χ1n) is 5.38. The average molecular weight is 204 g/mol. The number of fused-ring (bicyclic) bond motifs is 1. The quantitative estimate of drug-likeness (QED) is 0.765. The van der Waals surface area contributed by atoms with E-state index >= 15 is 0 Å².